The SMILES string of the molecule is Cc1ccc(C2=C(Nc3cccc4ccccc34)C(=O)N(c3cc(Cl)ccc3C)C2=O)cc1. The fourth-order valence-electron chi connectivity index (χ4n) is 4.15. The molecule has 4 nitrogen and oxygen atoms in total. The number of fused-ring (bicyclic) bond motifs is 1. The monoisotopic (exact) mass is 452 g/mol. The predicted octanol–water partition coefficient (Wildman–Crippen LogP) is 6.51. The van der Waals surface area contributed by atoms with E-state index in [0.29, 0.717) is 21.8 Å². The standard InChI is InChI=1S/C28H21ClN2O2/c1-17-10-13-20(14-11-17)25-26(30-23-9-5-7-19-6-3-4-8-22(19)23)28(33)31(27(25)32)24-16-21(29)15-12-18(24)2/h3-16,30H,1-2H3. The fourth-order valence-corrected chi connectivity index (χ4v) is 4.31. The molecular formula is C28H21ClN2O2. The van der Waals surface area contributed by atoms with E-state index in [4.69, 9.17) is 11.6 Å². The summed E-state index contributed by atoms with van der Waals surface area (Å²) in [5.74, 6) is -0.786. The van der Waals surface area contributed by atoms with Gasteiger partial charge in [0.1, 0.15) is 5.70 Å². The third kappa shape index (κ3) is 3.69. The normalized spacial score (nSPS) is 13.8. The number of carbonyl (C=O) groups excluding carboxylic acids is 2. The van der Waals surface area contributed by atoms with Gasteiger partial charge in [0.2, 0.25) is 0 Å². The summed E-state index contributed by atoms with van der Waals surface area (Å²) in [5, 5.41) is 5.76. The van der Waals surface area contributed by atoms with Crippen molar-refractivity contribution in [3.05, 3.63) is 112 Å². The summed E-state index contributed by atoms with van der Waals surface area (Å²) in [7, 11) is 0. The van der Waals surface area contributed by atoms with Gasteiger partial charge in [-0.3, -0.25) is 9.59 Å². The fraction of sp³-hybridized carbons (Fsp3) is 0.0714. The highest BCUT2D eigenvalue weighted by Gasteiger charge is 2.41. The molecule has 0 saturated heterocycles. The topological polar surface area (TPSA) is 49.4 Å². The third-order valence-electron chi connectivity index (χ3n) is 5.89. The number of hydrogen-bond donors (Lipinski definition) is 1. The zero-order valence-electron chi connectivity index (χ0n) is 18.2. The summed E-state index contributed by atoms with van der Waals surface area (Å²) in [4.78, 5) is 28.6. The zero-order chi connectivity index (χ0) is 23.1. The number of rotatable bonds is 4. The van der Waals surface area contributed by atoms with Crippen LogP contribution in [0.5, 0.6) is 0 Å². The smallest absolute Gasteiger partial charge is 0.282 e. The van der Waals surface area contributed by atoms with Gasteiger partial charge in [-0.2, -0.15) is 0 Å². The average molecular weight is 453 g/mol. The van der Waals surface area contributed by atoms with E-state index < -0.39 is 5.91 Å². The molecule has 0 bridgehead atoms. The summed E-state index contributed by atoms with van der Waals surface area (Å²) in [5.41, 5.74) is 4.38. The molecule has 0 unspecified atom stereocenters. The first-order valence-corrected chi connectivity index (χ1v) is 11.0. The van der Waals surface area contributed by atoms with Gasteiger partial charge < -0.3 is 5.32 Å². The molecule has 0 fully saturated rings. The Balaban J connectivity index is 1.68. The van der Waals surface area contributed by atoms with Crippen LogP contribution in [-0.2, 0) is 9.59 Å². The lowest BCUT2D eigenvalue weighted by molar-refractivity contribution is -0.120. The number of benzene rings is 4. The number of hydrogen-bond acceptors (Lipinski definition) is 3. The Morgan fingerprint density at radius 1 is 0.788 bits per heavy atom. The number of nitrogens with one attached hydrogen (secondary N) is 1. The van der Waals surface area contributed by atoms with Crippen LogP contribution >= 0.6 is 11.6 Å². The van der Waals surface area contributed by atoms with Crippen molar-refractivity contribution in [2.75, 3.05) is 10.2 Å². The van der Waals surface area contributed by atoms with Gasteiger partial charge in [-0.15, -0.1) is 0 Å². The van der Waals surface area contributed by atoms with Crippen molar-refractivity contribution >= 4 is 51.1 Å². The average Bonchev–Trinajstić information content (AvgIpc) is 3.05. The van der Waals surface area contributed by atoms with Crippen molar-refractivity contribution < 1.29 is 9.59 Å². The highest BCUT2D eigenvalue weighted by atomic mass is 35.5. The van der Waals surface area contributed by atoms with Crippen LogP contribution < -0.4 is 10.2 Å². The first kappa shape index (κ1) is 21.0. The highest BCUT2D eigenvalue weighted by Crippen LogP contribution is 2.37. The van der Waals surface area contributed by atoms with Crippen molar-refractivity contribution in [2.45, 2.75) is 13.8 Å². The second kappa shape index (κ2) is 8.23. The molecule has 4 aromatic rings. The van der Waals surface area contributed by atoms with Crippen LogP contribution in [-0.4, -0.2) is 11.8 Å². The van der Waals surface area contributed by atoms with Gasteiger partial charge in [-0.1, -0.05) is 83.9 Å². The van der Waals surface area contributed by atoms with E-state index in [1.807, 2.05) is 80.6 Å². The van der Waals surface area contributed by atoms with Crippen LogP contribution in [0.3, 0.4) is 0 Å². The number of aryl methyl sites for hydroxylation is 2. The lowest BCUT2D eigenvalue weighted by atomic mass is 10.0. The van der Waals surface area contributed by atoms with Crippen LogP contribution in [0, 0.1) is 13.8 Å². The van der Waals surface area contributed by atoms with Gasteiger partial charge >= 0.3 is 0 Å². The molecule has 0 radical (unpaired) electrons. The second-order valence-electron chi connectivity index (χ2n) is 8.14. The van der Waals surface area contributed by atoms with E-state index in [9.17, 15) is 9.59 Å². The molecule has 1 N–H and O–H groups in total. The Bertz CT molecular complexity index is 1450. The van der Waals surface area contributed by atoms with E-state index in [-0.39, 0.29) is 11.6 Å². The van der Waals surface area contributed by atoms with Gasteiger partial charge in [0.25, 0.3) is 11.8 Å². The van der Waals surface area contributed by atoms with E-state index in [1.165, 1.54) is 4.90 Å². The Labute approximate surface area is 197 Å². The molecule has 1 aliphatic heterocycles. The lowest BCUT2D eigenvalue weighted by Gasteiger charge is -2.18. The maximum Gasteiger partial charge on any atom is 0.282 e. The molecule has 0 aliphatic carbocycles. The van der Waals surface area contributed by atoms with Gasteiger partial charge in [-0.05, 0) is 48.6 Å². The number of halogens is 1. The third-order valence-corrected chi connectivity index (χ3v) is 6.12. The largest absolute Gasteiger partial charge is 0.350 e. The van der Waals surface area contributed by atoms with Crippen molar-refractivity contribution in [1.29, 1.82) is 0 Å². The minimum Gasteiger partial charge on any atom is -0.350 e. The van der Waals surface area contributed by atoms with Crippen LogP contribution in [0.1, 0.15) is 16.7 Å². The van der Waals surface area contributed by atoms with Gasteiger partial charge in [0.05, 0.1) is 11.3 Å². The van der Waals surface area contributed by atoms with Crippen molar-refractivity contribution in [3.8, 4) is 0 Å². The summed E-state index contributed by atoms with van der Waals surface area (Å²) < 4.78 is 0. The molecule has 0 saturated carbocycles. The molecule has 5 rings (SSSR count). The first-order chi connectivity index (χ1) is 15.9. The van der Waals surface area contributed by atoms with E-state index in [1.54, 1.807) is 18.2 Å². The number of nitrogens with zero attached hydrogens (tertiary/aromatic N) is 1. The van der Waals surface area contributed by atoms with Crippen LogP contribution in [0.15, 0.2) is 90.6 Å². The molecule has 0 atom stereocenters. The minimum absolute atomic E-state index is 0.250. The maximum absolute atomic E-state index is 13.7. The molecule has 2 amide bonds. The Hall–Kier alpha value is -3.89. The lowest BCUT2D eigenvalue weighted by Crippen LogP contribution is -2.33. The molecule has 4 aromatic carbocycles. The Morgan fingerprint density at radius 3 is 2.30 bits per heavy atom. The van der Waals surface area contributed by atoms with Crippen molar-refractivity contribution in [1.82, 2.24) is 0 Å². The van der Waals surface area contributed by atoms with Gasteiger partial charge in [-0.25, -0.2) is 4.90 Å². The van der Waals surface area contributed by atoms with E-state index in [2.05, 4.69) is 5.32 Å². The molecule has 0 spiro atoms. The summed E-state index contributed by atoms with van der Waals surface area (Å²) in [6, 6.07) is 26.6. The molecule has 1 heterocycles. The summed E-state index contributed by atoms with van der Waals surface area (Å²) >= 11 is 6.21. The van der Waals surface area contributed by atoms with Gasteiger partial charge in [0, 0.05) is 16.1 Å². The van der Waals surface area contributed by atoms with E-state index >= 15 is 0 Å². The van der Waals surface area contributed by atoms with Gasteiger partial charge in [0.15, 0.2) is 0 Å². The number of imide groups is 1. The molecule has 1 aliphatic rings. The minimum atomic E-state index is -0.408. The molecule has 5 heteroatoms. The number of amides is 2. The quantitative estimate of drug-likeness (QED) is 0.359. The van der Waals surface area contributed by atoms with Crippen LogP contribution in [0.4, 0.5) is 11.4 Å². The predicted molar refractivity (Wildman–Crippen MR) is 134 cm³/mol. The van der Waals surface area contributed by atoms with Crippen molar-refractivity contribution in [3.63, 3.8) is 0 Å². The summed E-state index contributed by atoms with van der Waals surface area (Å²) in [6.45, 7) is 3.84. The Kier molecular flexibility index (Phi) is 5.23. The molecule has 0 aromatic heterocycles. The number of carbonyl (C=O) groups is 2. The van der Waals surface area contributed by atoms with Crippen molar-refractivity contribution in [2.24, 2.45) is 0 Å². The number of anilines is 2. The van der Waals surface area contributed by atoms with Crippen LogP contribution in [0.2, 0.25) is 5.02 Å². The van der Waals surface area contributed by atoms with Crippen LogP contribution in [0.25, 0.3) is 16.3 Å². The summed E-state index contributed by atoms with van der Waals surface area (Å²) in [6.07, 6.45) is 0. The first-order valence-electron chi connectivity index (χ1n) is 10.6. The molecular weight excluding hydrogens is 432 g/mol. The maximum atomic E-state index is 13.7. The van der Waals surface area contributed by atoms with E-state index in [0.717, 1.165) is 27.6 Å². The second-order valence-corrected chi connectivity index (χ2v) is 8.58. The highest BCUT2D eigenvalue weighted by molar-refractivity contribution is 6.46. The Morgan fingerprint density at radius 2 is 1.52 bits per heavy atom. The molecule has 162 valence electrons. The zero-order valence-corrected chi connectivity index (χ0v) is 19.0. The molecule has 33 heavy (non-hydrogen) atoms.